The first-order chi connectivity index (χ1) is 8.85. The Kier molecular flexibility index (Phi) is 5.29. The van der Waals surface area contributed by atoms with E-state index < -0.39 is 0 Å². The minimum absolute atomic E-state index is 0.516. The smallest absolute Gasteiger partial charge is 0.133 e. The van der Waals surface area contributed by atoms with E-state index in [-0.39, 0.29) is 0 Å². The van der Waals surface area contributed by atoms with Crippen molar-refractivity contribution in [2.75, 3.05) is 17.3 Å². The number of thioether (sulfide) groups is 1. The Balaban J connectivity index is 2.17. The minimum atomic E-state index is 0.516. The zero-order valence-corrected chi connectivity index (χ0v) is 12.2. The molecule has 0 aliphatic heterocycles. The van der Waals surface area contributed by atoms with E-state index in [1.807, 2.05) is 11.8 Å². The summed E-state index contributed by atoms with van der Waals surface area (Å²) in [6, 6.07) is 0.516. The molecule has 0 fully saturated rings. The number of nitrogens with zero attached hydrogens (tertiary/aromatic N) is 2. The van der Waals surface area contributed by atoms with Crippen molar-refractivity contribution in [1.82, 2.24) is 9.97 Å². The van der Waals surface area contributed by atoms with Gasteiger partial charge < -0.3 is 5.32 Å². The quantitative estimate of drug-likeness (QED) is 0.829. The Morgan fingerprint density at radius 1 is 1.28 bits per heavy atom. The fourth-order valence-electron chi connectivity index (χ4n) is 2.48. The number of hydrogen-bond donors (Lipinski definition) is 1. The molecule has 18 heavy (non-hydrogen) atoms. The molecule has 1 aliphatic rings. The van der Waals surface area contributed by atoms with E-state index >= 15 is 0 Å². The third kappa shape index (κ3) is 3.37. The summed E-state index contributed by atoms with van der Waals surface area (Å²) in [6.45, 7) is 2.23. The molecular weight excluding hydrogens is 242 g/mol. The fraction of sp³-hybridized carbons (Fsp3) is 0.714. The predicted molar refractivity (Wildman–Crippen MR) is 79.4 cm³/mol. The summed E-state index contributed by atoms with van der Waals surface area (Å²) in [5.41, 5.74) is 2.64. The van der Waals surface area contributed by atoms with Crippen LogP contribution in [-0.4, -0.2) is 28.0 Å². The normalized spacial score (nSPS) is 16.8. The monoisotopic (exact) mass is 265 g/mol. The highest BCUT2D eigenvalue weighted by Crippen LogP contribution is 2.24. The van der Waals surface area contributed by atoms with Crippen LogP contribution < -0.4 is 5.32 Å². The summed E-state index contributed by atoms with van der Waals surface area (Å²) >= 11 is 1.89. The molecule has 1 aromatic rings. The van der Waals surface area contributed by atoms with E-state index in [0.717, 1.165) is 30.8 Å². The van der Waals surface area contributed by atoms with E-state index in [1.54, 1.807) is 6.33 Å². The molecule has 4 heteroatoms. The second kappa shape index (κ2) is 6.98. The van der Waals surface area contributed by atoms with Crippen LogP contribution in [0, 0.1) is 0 Å². The molecule has 0 saturated heterocycles. The number of nitrogens with one attached hydrogen (secondary N) is 1. The van der Waals surface area contributed by atoms with Gasteiger partial charge >= 0.3 is 0 Å². The largest absolute Gasteiger partial charge is 0.366 e. The first-order valence-electron chi connectivity index (χ1n) is 6.93. The molecule has 0 saturated carbocycles. The van der Waals surface area contributed by atoms with E-state index in [2.05, 4.69) is 28.5 Å². The van der Waals surface area contributed by atoms with Crippen molar-refractivity contribution in [1.29, 1.82) is 0 Å². The number of rotatable bonds is 5. The minimum Gasteiger partial charge on any atom is -0.366 e. The molecule has 1 aromatic heterocycles. The van der Waals surface area contributed by atoms with Crippen molar-refractivity contribution in [3.63, 3.8) is 0 Å². The van der Waals surface area contributed by atoms with Crippen molar-refractivity contribution in [2.45, 2.75) is 51.5 Å². The Morgan fingerprint density at radius 2 is 2.11 bits per heavy atom. The highest BCUT2D eigenvalue weighted by Gasteiger charge is 2.16. The molecular formula is C14H23N3S. The second-order valence-electron chi connectivity index (χ2n) is 4.91. The lowest BCUT2D eigenvalue weighted by atomic mass is 10.1. The van der Waals surface area contributed by atoms with Gasteiger partial charge in [-0.15, -0.1) is 0 Å². The van der Waals surface area contributed by atoms with Crippen molar-refractivity contribution in [3.8, 4) is 0 Å². The lowest BCUT2D eigenvalue weighted by Gasteiger charge is -2.19. The van der Waals surface area contributed by atoms with Crippen LogP contribution in [0.1, 0.15) is 43.9 Å². The van der Waals surface area contributed by atoms with Gasteiger partial charge in [0.15, 0.2) is 0 Å². The summed E-state index contributed by atoms with van der Waals surface area (Å²) in [5, 5.41) is 3.61. The molecule has 1 atom stereocenters. The first kappa shape index (κ1) is 13.7. The standard InChI is InChI=1S/C14H23N3S/c1-3-11(9-18-2)17-14-12-7-5-4-6-8-13(12)15-10-16-14/h10-11H,3-9H2,1-2H3,(H,15,16,17). The van der Waals surface area contributed by atoms with Gasteiger partial charge in [0.1, 0.15) is 12.1 Å². The molecule has 1 aliphatic carbocycles. The second-order valence-corrected chi connectivity index (χ2v) is 5.82. The summed E-state index contributed by atoms with van der Waals surface area (Å²) in [5.74, 6) is 2.22. The molecule has 0 bridgehead atoms. The maximum Gasteiger partial charge on any atom is 0.133 e. The van der Waals surface area contributed by atoms with Crippen LogP contribution in [0.25, 0.3) is 0 Å². The molecule has 0 radical (unpaired) electrons. The van der Waals surface area contributed by atoms with Crippen LogP contribution in [0.5, 0.6) is 0 Å². The van der Waals surface area contributed by atoms with Gasteiger partial charge in [0.25, 0.3) is 0 Å². The van der Waals surface area contributed by atoms with Crippen LogP contribution in [0.2, 0.25) is 0 Å². The highest BCUT2D eigenvalue weighted by atomic mass is 32.2. The fourth-order valence-corrected chi connectivity index (χ4v) is 3.20. The van der Waals surface area contributed by atoms with Gasteiger partial charge in [-0.1, -0.05) is 13.3 Å². The van der Waals surface area contributed by atoms with Crippen LogP contribution in [0.15, 0.2) is 6.33 Å². The Hall–Kier alpha value is -0.770. The Labute approximate surface area is 114 Å². The molecule has 0 aromatic carbocycles. The number of hydrogen-bond acceptors (Lipinski definition) is 4. The van der Waals surface area contributed by atoms with Gasteiger partial charge in [-0.2, -0.15) is 11.8 Å². The van der Waals surface area contributed by atoms with Crippen molar-refractivity contribution < 1.29 is 0 Å². The van der Waals surface area contributed by atoms with E-state index in [9.17, 15) is 0 Å². The SMILES string of the molecule is CCC(CSC)Nc1ncnc2c1CCCCC2. The summed E-state index contributed by atoms with van der Waals surface area (Å²) < 4.78 is 0. The van der Waals surface area contributed by atoms with Gasteiger partial charge in [-0.05, 0) is 38.4 Å². The predicted octanol–water partition coefficient (Wildman–Crippen LogP) is 3.30. The maximum atomic E-state index is 4.47. The van der Waals surface area contributed by atoms with Crippen LogP contribution >= 0.6 is 11.8 Å². The van der Waals surface area contributed by atoms with E-state index in [1.165, 1.54) is 30.5 Å². The summed E-state index contributed by atoms with van der Waals surface area (Å²) in [7, 11) is 0. The molecule has 100 valence electrons. The molecule has 0 spiro atoms. The zero-order chi connectivity index (χ0) is 12.8. The van der Waals surface area contributed by atoms with Crippen molar-refractivity contribution in [3.05, 3.63) is 17.6 Å². The lowest BCUT2D eigenvalue weighted by molar-refractivity contribution is 0.708. The highest BCUT2D eigenvalue weighted by molar-refractivity contribution is 7.98. The topological polar surface area (TPSA) is 37.8 Å². The van der Waals surface area contributed by atoms with Crippen LogP contribution in [0.3, 0.4) is 0 Å². The molecule has 2 rings (SSSR count). The molecule has 1 heterocycles. The summed E-state index contributed by atoms with van der Waals surface area (Å²) in [6.07, 6.45) is 11.1. The van der Waals surface area contributed by atoms with Crippen molar-refractivity contribution >= 4 is 17.6 Å². The third-order valence-corrected chi connectivity index (χ3v) is 4.31. The summed E-state index contributed by atoms with van der Waals surface area (Å²) in [4.78, 5) is 8.93. The average Bonchev–Trinajstić information content (AvgIpc) is 2.64. The molecule has 1 N–H and O–H groups in total. The van der Waals surface area contributed by atoms with Gasteiger partial charge in [0.2, 0.25) is 0 Å². The molecule has 1 unspecified atom stereocenters. The number of aryl methyl sites for hydroxylation is 1. The maximum absolute atomic E-state index is 4.47. The van der Waals surface area contributed by atoms with E-state index in [0.29, 0.717) is 6.04 Å². The molecule has 3 nitrogen and oxygen atoms in total. The zero-order valence-electron chi connectivity index (χ0n) is 11.4. The van der Waals surface area contributed by atoms with Gasteiger partial charge in [-0.3, -0.25) is 0 Å². The van der Waals surface area contributed by atoms with Gasteiger partial charge in [0.05, 0.1) is 0 Å². The Bertz CT molecular complexity index is 381. The molecule has 0 amide bonds. The number of fused-ring (bicyclic) bond motifs is 1. The van der Waals surface area contributed by atoms with Crippen LogP contribution in [-0.2, 0) is 12.8 Å². The van der Waals surface area contributed by atoms with Crippen LogP contribution in [0.4, 0.5) is 5.82 Å². The third-order valence-electron chi connectivity index (χ3n) is 3.58. The van der Waals surface area contributed by atoms with Gasteiger partial charge in [-0.25, -0.2) is 9.97 Å². The number of anilines is 1. The lowest BCUT2D eigenvalue weighted by Crippen LogP contribution is -2.23. The average molecular weight is 265 g/mol. The van der Waals surface area contributed by atoms with Gasteiger partial charge in [0, 0.05) is 23.1 Å². The van der Waals surface area contributed by atoms with E-state index in [4.69, 9.17) is 0 Å². The Morgan fingerprint density at radius 3 is 2.89 bits per heavy atom. The number of aromatic nitrogens is 2. The van der Waals surface area contributed by atoms with Crippen molar-refractivity contribution in [2.24, 2.45) is 0 Å². The first-order valence-corrected chi connectivity index (χ1v) is 8.32.